The molecule has 9 heteroatoms. The van der Waals surface area contributed by atoms with Gasteiger partial charge >= 0.3 is 0 Å². The van der Waals surface area contributed by atoms with Crippen LogP contribution in [0.2, 0.25) is 0 Å². The number of carbonyl (C=O) groups excluding carboxylic acids is 2. The SMILES string of the molecule is Cl.Cl.O=C(Nc1sc2c(c1C(=O)N1C[C@H]3CNC[C@H]3C1)CCCC2)c1cccnc1. The predicted molar refractivity (Wildman–Crippen MR) is 123 cm³/mol. The van der Waals surface area contributed by atoms with E-state index in [2.05, 4.69) is 15.6 Å². The highest BCUT2D eigenvalue weighted by Gasteiger charge is 2.40. The van der Waals surface area contributed by atoms with E-state index in [0.717, 1.165) is 63.0 Å². The second-order valence-corrected chi connectivity index (χ2v) is 9.10. The fourth-order valence-electron chi connectivity index (χ4n) is 4.73. The van der Waals surface area contributed by atoms with Crippen LogP contribution in [0.25, 0.3) is 0 Å². The Morgan fingerprint density at radius 2 is 1.87 bits per heavy atom. The van der Waals surface area contributed by atoms with Crippen molar-refractivity contribution in [2.24, 2.45) is 11.8 Å². The van der Waals surface area contributed by atoms with Gasteiger partial charge in [-0.25, -0.2) is 0 Å². The van der Waals surface area contributed by atoms with E-state index in [0.29, 0.717) is 22.4 Å². The quantitative estimate of drug-likeness (QED) is 0.723. The minimum atomic E-state index is -0.205. The van der Waals surface area contributed by atoms with E-state index < -0.39 is 0 Å². The molecule has 4 heterocycles. The molecule has 2 saturated heterocycles. The third-order valence-corrected chi connectivity index (χ3v) is 7.42. The molecule has 162 valence electrons. The number of hydrogen-bond acceptors (Lipinski definition) is 5. The van der Waals surface area contributed by atoms with Crippen molar-refractivity contribution < 1.29 is 9.59 Å². The van der Waals surface area contributed by atoms with Crippen LogP contribution in [-0.4, -0.2) is 47.9 Å². The Morgan fingerprint density at radius 1 is 1.13 bits per heavy atom. The molecular formula is C21H26Cl2N4O2S. The van der Waals surface area contributed by atoms with Crippen molar-refractivity contribution in [3.05, 3.63) is 46.1 Å². The van der Waals surface area contributed by atoms with Crippen LogP contribution in [0.15, 0.2) is 24.5 Å². The number of thiophene rings is 1. The number of aromatic nitrogens is 1. The first-order chi connectivity index (χ1) is 13.7. The molecule has 0 radical (unpaired) electrons. The van der Waals surface area contributed by atoms with Crippen molar-refractivity contribution in [1.82, 2.24) is 15.2 Å². The fraction of sp³-hybridized carbons (Fsp3) is 0.476. The standard InChI is InChI=1S/C21H24N4O2S.2ClH/c26-19(13-4-3-7-22-8-13)24-20-18(16-5-1-2-6-17(16)28-20)21(27)25-11-14-9-23-10-15(14)12-25;;/h3-4,7-8,14-15,23H,1-2,5-6,9-12H2,(H,24,26);2*1H/t14-,15+;;. The van der Waals surface area contributed by atoms with Gasteiger partial charge in [0.2, 0.25) is 0 Å². The maximum Gasteiger partial charge on any atom is 0.257 e. The molecule has 2 atom stereocenters. The van der Waals surface area contributed by atoms with Gasteiger partial charge in [0.05, 0.1) is 11.1 Å². The number of hydrogen-bond donors (Lipinski definition) is 2. The Kier molecular flexibility index (Phi) is 7.39. The molecule has 2 fully saturated rings. The molecule has 1 aliphatic carbocycles. The first-order valence-corrected chi connectivity index (χ1v) is 10.9. The number of nitrogens with zero attached hydrogens (tertiary/aromatic N) is 2. The molecule has 0 bridgehead atoms. The van der Waals surface area contributed by atoms with Crippen LogP contribution >= 0.6 is 36.2 Å². The second kappa shape index (κ2) is 9.64. The smallest absolute Gasteiger partial charge is 0.257 e. The van der Waals surface area contributed by atoms with E-state index in [1.54, 1.807) is 35.9 Å². The number of carbonyl (C=O) groups is 2. The summed E-state index contributed by atoms with van der Waals surface area (Å²) in [6, 6.07) is 3.49. The van der Waals surface area contributed by atoms with Crippen LogP contribution in [0.3, 0.4) is 0 Å². The third-order valence-electron chi connectivity index (χ3n) is 6.21. The Labute approximate surface area is 192 Å². The van der Waals surface area contributed by atoms with Crippen molar-refractivity contribution in [3.8, 4) is 0 Å². The van der Waals surface area contributed by atoms with Gasteiger partial charge in [-0.2, -0.15) is 0 Å². The lowest BCUT2D eigenvalue weighted by molar-refractivity contribution is 0.0782. The number of fused-ring (bicyclic) bond motifs is 2. The van der Waals surface area contributed by atoms with Crippen molar-refractivity contribution in [2.75, 3.05) is 31.5 Å². The summed E-state index contributed by atoms with van der Waals surface area (Å²) in [5, 5.41) is 7.15. The summed E-state index contributed by atoms with van der Waals surface area (Å²) < 4.78 is 0. The highest BCUT2D eigenvalue weighted by atomic mass is 35.5. The van der Waals surface area contributed by atoms with Crippen LogP contribution in [0, 0.1) is 11.8 Å². The average Bonchev–Trinajstić information content (AvgIpc) is 3.41. The summed E-state index contributed by atoms with van der Waals surface area (Å²) >= 11 is 1.58. The molecule has 0 unspecified atom stereocenters. The summed E-state index contributed by atoms with van der Waals surface area (Å²) in [5.41, 5.74) is 2.41. The predicted octanol–water partition coefficient (Wildman–Crippen LogP) is 3.41. The maximum atomic E-state index is 13.5. The lowest BCUT2D eigenvalue weighted by atomic mass is 9.95. The van der Waals surface area contributed by atoms with Crippen molar-refractivity contribution in [2.45, 2.75) is 25.7 Å². The van der Waals surface area contributed by atoms with Crippen LogP contribution in [-0.2, 0) is 12.8 Å². The largest absolute Gasteiger partial charge is 0.338 e. The van der Waals surface area contributed by atoms with Crippen molar-refractivity contribution in [1.29, 1.82) is 0 Å². The van der Waals surface area contributed by atoms with E-state index >= 15 is 0 Å². The van der Waals surface area contributed by atoms with Gasteiger partial charge in [-0.1, -0.05) is 0 Å². The molecule has 3 aliphatic rings. The first-order valence-electron chi connectivity index (χ1n) is 10.1. The first kappa shape index (κ1) is 23.0. The highest BCUT2D eigenvalue weighted by Crippen LogP contribution is 2.40. The minimum Gasteiger partial charge on any atom is -0.338 e. The average molecular weight is 469 g/mol. The fourth-order valence-corrected chi connectivity index (χ4v) is 6.01. The van der Waals surface area contributed by atoms with Gasteiger partial charge in [0.1, 0.15) is 5.00 Å². The summed E-state index contributed by atoms with van der Waals surface area (Å²) in [6.07, 6.45) is 7.38. The lowest BCUT2D eigenvalue weighted by Crippen LogP contribution is -2.33. The zero-order valence-corrected chi connectivity index (χ0v) is 19.0. The van der Waals surface area contributed by atoms with E-state index in [4.69, 9.17) is 0 Å². The maximum absolute atomic E-state index is 13.5. The number of aryl methyl sites for hydroxylation is 1. The van der Waals surface area contributed by atoms with Crippen molar-refractivity contribution in [3.63, 3.8) is 0 Å². The van der Waals surface area contributed by atoms with Crippen LogP contribution in [0.5, 0.6) is 0 Å². The zero-order chi connectivity index (χ0) is 19.1. The minimum absolute atomic E-state index is 0. The monoisotopic (exact) mass is 468 g/mol. The summed E-state index contributed by atoms with van der Waals surface area (Å²) in [6.45, 7) is 3.63. The molecule has 2 aromatic rings. The molecule has 2 N–H and O–H groups in total. The topological polar surface area (TPSA) is 74.3 Å². The van der Waals surface area contributed by atoms with Gasteiger partial charge in [0.25, 0.3) is 11.8 Å². The van der Waals surface area contributed by atoms with E-state index in [1.165, 1.54) is 4.88 Å². The molecule has 30 heavy (non-hydrogen) atoms. The van der Waals surface area contributed by atoms with Crippen LogP contribution < -0.4 is 10.6 Å². The van der Waals surface area contributed by atoms with Gasteiger partial charge in [0.15, 0.2) is 0 Å². The molecule has 2 amide bonds. The number of anilines is 1. The number of amides is 2. The molecule has 5 rings (SSSR count). The van der Waals surface area contributed by atoms with E-state index in [-0.39, 0.29) is 36.6 Å². The molecule has 0 aromatic carbocycles. The molecule has 0 spiro atoms. The van der Waals surface area contributed by atoms with Gasteiger partial charge in [-0.15, -0.1) is 36.2 Å². The van der Waals surface area contributed by atoms with Crippen molar-refractivity contribution >= 4 is 53.0 Å². The summed E-state index contributed by atoms with van der Waals surface area (Å²) in [7, 11) is 0. The highest BCUT2D eigenvalue weighted by molar-refractivity contribution is 7.17. The second-order valence-electron chi connectivity index (χ2n) is 8.00. The normalized spacial score (nSPS) is 21.8. The Bertz CT molecular complexity index is 909. The number of nitrogens with one attached hydrogen (secondary N) is 2. The third kappa shape index (κ3) is 4.21. The molecule has 0 saturated carbocycles. The number of rotatable bonds is 3. The molecule has 6 nitrogen and oxygen atoms in total. The summed E-state index contributed by atoms with van der Waals surface area (Å²) in [4.78, 5) is 33.5. The summed E-state index contributed by atoms with van der Waals surface area (Å²) in [5.74, 6) is 1.01. The molecule has 2 aliphatic heterocycles. The number of halogens is 2. The van der Waals surface area contributed by atoms with E-state index in [1.807, 2.05) is 4.90 Å². The van der Waals surface area contributed by atoms with Gasteiger partial charge < -0.3 is 15.5 Å². The van der Waals surface area contributed by atoms with Crippen LogP contribution in [0.4, 0.5) is 5.00 Å². The lowest BCUT2D eigenvalue weighted by Gasteiger charge is -2.20. The Balaban J connectivity index is 0.00000128. The van der Waals surface area contributed by atoms with E-state index in [9.17, 15) is 9.59 Å². The Hall–Kier alpha value is -1.67. The number of likely N-dealkylation sites (tertiary alicyclic amines) is 1. The Morgan fingerprint density at radius 3 is 2.57 bits per heavy atom. The zero-order valence-electron chi connectivity index (χ0n) is 16.6. The van der Waals surface area contributed by atoms with Gasteiger partial charge in [0, 0.05) is 43.4 Å². The molecule has 2 aromatic heterocycles. The van der Waals surface area contributed by atoms with Gasteiger partial charge in [-0.3, -0.25) is 14.6 Å². The molecular weight excluding hydrogens is 443 g/mol. The number of pyridine rings is 1. The van der Waals surface area contributed by atoms with Crippen LogP contribution in [0.1, 0.15) is 44.0 Å². The van der Waals surface area contributed by atoms with Gasteiger partial charge in [-0.05, 0) is 55.2 Å².